The number of rotatable bonds is 3. The first-order valence-corrected chi connectivity index (χ1v) is 22.2. The minimum absolute atomic E-state index is 0.0330. The Morgan fingerprint density at radius 2 is 1.82 bits per heavy atom. The predicted molar refractivity (Wildman–Crippen MR) is 216 cm³/mol. The predicted octanol–water partition coefficient (Wildman–Crippen LogP) is 5.10. The third kappa shape index (κ3) is 8.88. The van der Waals surface area contributed by atoms with E-state index in [2.05, 4.69) is 26.0 Å². The van der Waals surface area contributed by atoms with Gasteiger partial charge >= 0.3 is 0 Å². The van der Waals surface area contributed by atoms with E-state index < -0.39 is 26.8 Å². The normalized spacial score (nSPS) is 30.9. The number of hydrogen-bond acceptors (Lipinski definition) is 9. The van der Waals surface area contributed by atoms with Gasteiger partial charge in [0.15, 0.2) is 0 Å². The van der Waals surface area contributed by atoms with Crippen LogP contribution in [0.3, 0.4) is 0 Å². The topological polar surface area (TPSA) is 123 Å². The van der Waals surface area contributed by atoms with Crippen molar-refractivity contribution in [3.63, 3.8) is 0 Å². The molecule has 3 fully saturated rings. The molecule has 11 nitrogen and oxygen atoms in total. The van der Waals surface area contributed by atoms with Crippen molar-refractivity contribution in [2.24, 2.45) is 17.8 Å². The largest absolute Gasteiger partial charge is 0.487 e. The maximum Gasteiger partial charge on any atom is 0.264 e. The number of ether oxygens (including phenoxy) is 1. The molecule has 2 amide bonds. The van der Waals surface area contributed by atoms with E-state index in [0.29, 0.717) is 62.8 Å². The Bertz CT molecular complexity index is 1860. The standard InChI is InChI=1S/C42H58ClN5O6S/c1-4-40(49)48-21-20-46-19-18-45(25-36(46)26-48)28-42(51)16-7-8-29(2)30(3)55(52,53)44-41(50)32-12-15-39-38(23-32)47(24-33-11-14-37(33)42)17-6-5-9-31-22-35(43)13-10-34(31)27-54-39/h4,10,12-13,15,22-23,29-30,33,36-37,51H,1,5-9,11,14,16-21,24-28H2,2-3H3,(H,44,50)/t29-,30+,33-,36-,37+,42?/m0/s1. The van der Waals surface area contributed by atoms with Gasteiger partial charge in [0.25, 0.3) is 5.91 Å². The SMILES string of the molecule is C=CC(=O)N1CCN2CCN(CC3(O)CCC[C@H](C)[C@@H](C)S(=O)(=O)NC(=O)c4ccc5c(c4)N(CCCCc4cc(Cl)ccc4CO5)C[C@@H]4CC[C@H]43)C[C@H]2C1. The van der Waals surface area contributed by atoms with Gasteiger partial charge in [-0.15, -0.1) is 0 Å². The van der Waals surface area contributed by atoms with Crippen molar-refractivity contribution in [1.29, 1.82) is 0 Å². The lowest BCUT2D eigenvalue weighted by Crippen LogP contribution is -2.65. The Kier molecular flexibility index (Phi) is 12.2. The molecule has 2 N–H and O–H groups in total. The number of sulfonamides is 1. The van der Waals surface area contributed by atoms with Gasteiger partial charge in [0.05, 0.1) is 16.5 Å². The van der Waals surface area contributed by atoms with Crippen LogP contribution in [0.25, 0.3) is 0 Å². The number of nitrogens with one attached hydrogen (secondary N) is 1. The van der Waals surface area contributed by atoms with E-state index in [1.165, 1.54) is 6.08 Å². The highest BCUT2D eigenvalue weighted by Crippen LogP contribution is 2.47. The minimum atomic E-state index is -3.98. The second kappa shape index (κ2) is 16.7. The van der Waals surface area contributed by atoms with Crippen molar-refractivity contribution >= 4 is 39.1 Å². The summed E-state index contributed by atoms with van der Waals surface area (Å²) in [6, 6.07) is 11.3. The zero-order valence-electron chi connectivity index (χ0n) is 32.4. The Balaban J connectivity index is 1.20. The molecule has 4 heterocycles. The first-order chi connectivity index (χ1) is 26.3. The Morgan fingerprint density at radius 1 is 1.00 bits per heavy atom. The summed E-state index contributed by atoms with van der Waals surface area (Å²) in [6.45, 7) is 14.3. The van der Waals surface area contributed by atoms with Crippen LogP contribution in [0.2, 0.25) is 5.02 Å². The highest BCUT2D eigenvalue weighted by molar-refractivity contribution is 7.90. The van der Waals surface area contributed by atoms with E-state index in [0.717, 1.165) is 81.6 Å². The molecule has 1 unspecified atom stereocenters. The lowest BCUT2D eigenvalue weighted by atomic mass is 9.62. The lowest BCUT2D eigenvalue weighted by molar-refractivity contribution is -0.132. The highest BCUT2D eigenvalue weighted by Gasteiger charge is 2.48. The lowest BCUT2D eigenvalue weighted by Gasteiger charge is -2.53. The molecule has 6 atom stereocenters. The molecule has 2 aromatic carbocycles. The number of β-amino-alcohol motifs (C(OH)–C–C–N with tert-alkyl or cyclic N) is 1. The molecule has 0 aromatic heterocycles. The summed E-state index contributed by atoms with van der Waals surface area (Å²) in [6.07, 6.45) is 7.85. The molecule has 1 aliphatic carbocycles. The number of carbonyl (C=O) groups is 2. The van der Waals surface area contributed by atoms with Crippen LogP contribution in [0.15, 0.2) is 49.1 Å². The van der Waals surface area contributed by atoms with Gasteiger partial charge in [0.2, 0.25) is 15.9 Å². The molecule has 5 aliphatic rings. The number of anilines is 1. The fraction of sp³-hybridized carbons (Fsp3) is 0.619. The average Bonchev–Trinajstić information content (AvgIpc) is 3.18. The fourth-order valence-corrected chi connectivity index (χ4v) is 11.2. The fourth-order valence-electron chi connectivity index (χ4n) is 9.67. The van der Waals surface area contributed by atoms with Gasteiger partial charge < -0.3 is 19.6 Å². The third-order valence-corrected chi connectivity index (χ3v) is 15.5. The van der Waals surface area contributed by atoms with Gasteiger partial charge in [-0.3, -0.25) is 19.4 Å². The molecular weight excluding hydrogens is 738 g/mol. The Labute approximate surface area is 332 Å². The van der Waals surface area contributed by atoms with Crippen LogP contribution in [-0.2, 0) is 27.8 Å². The van der Waals surface area contributed by atoms with E-state index in [9.17, 15) is 23.1 Å². The monoisotopic (exact) mass is 795 g/mol. The summed E-state index contributed by atoms with van der Waals surface area (Å²) >= 11 is 6.40. The van der Waals surface area contributed by atoms with Crippen molar-refractivity contribution in [3.05, 3.63) is 70.8 Å². The van der Waals surface area contributed by atoms with Crippen LogP contribution >= 0.6 is 11.6 Å². The van der Waals surface area contributed by atoms with Crippen LogP contribution in [0.1, 0.15) is 80.3 Å². The van der Waals surface area contributed by atoms with E-state index in [-0.39, 0.29) is 35.3 Å². The molecule has 55 heavy (non-hydrogen) atoms. The molecule has 300 valence electrons. The molecule has 1 saturated carbocycles. The molecule has 2 bridgehead atoms. The first kappa shape index (κ1) is 40.1. The van der Waals surface area contributed by atoms with E-state index in [4.69, 9.17) is 16.3 Å². The second-order valence-electron chi connectivity index (χ2n) is 16.8. The molecule has 7 rings (SSSR count). The average molecular weight is 796 g/mol. The van der Waals surface area contributed by atoms with Gasteiger partial charge in [0, 0.05) is 75.5 Å². The molecule has 0 spiro atoms. The van der Waals surface area contributed by atoms with Gasteiger partial charge in [-0.25, -0.2) is 13.1 Å². The van der Waals surface area contributed by atoms with Crippen molar-refractivity contribution in [2.45, 2.75) is 88.7 Å². The number of aliphatic hydroxyl groups is 1. The van der Waals surface area contributed by atoms with Crippen LogP contribution in [0.5, 0.6) is 5.75 Å². The summed E-state index contributed by atoms with van der Waals surface area (Å²) < 4.78 is 36.1. The Morgan fingerprint density at radius 3 is 2.60 bits per heavy atom. The van der Waals surface area contributed by atoms with E-state index in [1.807, 2.05) is 30.0 Å². The Hall–Kier alpha value is -3.16. The van der Waals surface area contributed by atoms with Crippen molar-refractivity contribution in [3.8, 4) is 5.75 Å². The quantitative estimate of drug-likeness (QED) is 0.409. The number of halogens is 1. The zero-order valence-corrected chi connectivity index (χ0v) is 34.0. The number of carbonyl (C=O) groups excluding carboxylic acids is 2. The van der Waals surface area contributed by atoms with Gasteiger partial charge in [0.1, 0.15) is 12.4 Å². The van der Waals surface area contributed by atoms with Crippen molar-refractivity contribution in [1.82, 2.24) is 19.4 Å². The molecule has 13 heteroatoms. The number of nitrogens with zero attached hydrogens (tertiary/aromatic N) is 4. The van der Waals surface area contributed by atoms with Crippen LogP contribution < -0.4 is 14.4 Å². The number of amides is 2. The van der Waals surface area contributed by atoms with Crippen LogP contribution in [-0.4, -0.2) is 116 Å². The number of piperazine rings is 2. The van der Waals surface area contributed by atoms with E-state index in [1.54, 1.807) is 25.1 Å². The summed E-state index contributed by atoms with van der Waals surface area (Å²) in [5.41, 5.74) is 2.28. The second-order valence-corrected chi connectivity index (χ2v) is 19.3. The maximum absolute atomic E-state index is 13.6. The number of hydrogen-bond donors (Lipinski definition) is 2. The van der Waals surface area contributed by atoms with E-state index >= 15 is 0 Å². The van der Waals surface area contributed by atoms with Crippen LogP contribution in [0.4, 0.5) is 5.69 Å². The third-order valence-electron chi connectivity index (χ3n) is 13.4. The summed E-state index contributed by atoms with van der Waals surface area (Å²) in [5.74, 6) is 0.000423. The number of aryl methyl sites for hydroxylation is 1. The maximum atomic E-state index is 13.6. The van der Waals surface area contributed by atoms with Crippen LogP contribution in [0, 0.1) is 17.8 Å². The number of benzene rings is 2. The zero-order chi connectivity index (χ0) is 38.9. The molecule has 4 aliphatic heterocycles. The number of fused-ring (bicyclic) bond motifs is 4. The molecular formula is C42H58ClN5O6S. The highest BCUT2D eigenvalue weighted by atomic mass is 35.5. The van der Waals surface area contributed by atoms with Crippen molar-refractivity contribution < 1.29 is 27.9 Å². The first-order valence-electron chi connectivity index (χ1n) is 20.3. The van der Waals surface area contributed by atoms with Gasteiger partial charge in [-0.05, 0) is 117 Å². The summed E-state index contributed by atoms with van der Waals surface area (Å²) in [4.78, 5) is 35.2. The van der Waals surface area contributed by atoms with Gasteiger partial charge in [-0.1, -0.05) is 37.6 Å². The van der Waals surface area contributed by atoms with Crippen molar-refractivity contribution in [2.75, 3.05) is 63.8 Å². The smallest absolute Gasteiger partial charge is 0.264 e. The minimum Gasteiger partial charge on any atom is -0.487 e. The molecule has 2 saturated heterocycles. The molecule has 0 radical (unpaired) electrons. The summed E-state index contributed by atoms with van der Waals surface area (Å²) in [5, 5.41) is 12.8. The summed E-state index contributed by atoms with van der Waals surface area (Å²) in [7, 11) is -3.98. The molecule has 2 aromatic rings. The van der Waals surface area contributed by atoms with Gasteiger partial charge in [-0.2, -0.15) is 0 Å².